The van der Waals surface area contributed by atoms with Crippen molar-refractivity contribution in [3.8, 4) is 34.6 Å². The molecule has 0 bridgehead atoms. The van der Waals surface area contributed by atoms with E-state index in [1.54, 1.807) is 31.4 Å². The summed E-state index contributed by atoms with van der Waals surface area (Å²) in [6, 6.07) is 14.8. The Kier molecular flexibility index (Phi) is 5.74. The summed E-state index contributed by atoms with van der Waals surface area (Å²) in [6.07, 6.45) is 1.73. The molecular formula is C21H18N2O3S. The van der Waals surface area contributed by atoms with Crippen molar-refractivity contribution in [2.75, 3.05) is 13.7 Å². The molecule has 0 amide bonds. The van der Waals surface area contributed by atoms with Crippen LogP contribution in [-0.2, 0) is 0 Å². The van der Waals surface area contributed by atoms with E-state index in [1.807, 2.05) is 36.6 Å². The largest absolute Gasteiger partial charge is 0.504 e. The predicted octanol–water partition coefficient (Wildman–Crippen LogP) is 4.99. The molecule has 1 N–H and O–H groups in total. The molecule has 2 aromatic carbocycles. The number of aromatic hydroxyl groups is 1. The monoisotopic (exact) mass is 378 g/mol. The molecule has 0 saturated heterocycles. The summed E-state index contributed by atoms with van der Waals surface area (Å²) >= 11 is 1.41. The minimum atomic E-state index is 0.0727. The summed E-state index contributed by atoms with van der Waals surface area (Å²) in [4.78, 5) is 4.59. The van der Waals surface area contributed by atoms with Crippen LogP contribution in [0.25, 0.3) is 22.9 Å². The van der Waals surface area contributed by atoms with Gasteiger partial charge < -0.3 is 14.6 Å². The van der Waals surface area contributed by atoms with Crippen molar-refractivity contribution < 1.29 is 14.6 Å². The van der Waals surface area contributed by atoms with Crippen LogP contribution in [0.3, 0.4) is 0 Å². The quantitative estimate of drug-likeness (QED) is 0.612. The molecule has 0 saturated carbocycles. The van der Waals surface area contributed by atoms with Gasteiger partial charge in [-0.3, -0.25) is 0 Å². The maximum Gasteiger partial charge on any atom is 0.161 e. The van der Waals surface area contributed by atoms with Crippen LogP contribution in [0.15, 0.2) is 47.8 Å². The third kappa shape index (κ3) is 4.27. The third-order valence-corrected chi connectivity index (χ3v) is 4.71. The molecule has 0 atom stereocenters. The van der Waals surface area contributed by atoms with Gasteiger partial charge in [-0.05, 0) is 55.0 Å². The maximum absolute atomic E-state index is 9.81. The molecule has 0 aliphatic carbocycles. The van der Waals surface area contributed by atoms with Crippen molar-refractivity contribution >= 4 is 23.0 Å². The average Bonchev–Trinajstić information content (AvgIpc) is 3.18. The van der Waals surface area contributed by atoms with Gasteiger partial charge in [-0.15, -0.1) is 11.3 Å². The highest BCUT2D eigenvalue weighted by Gasteiger charge is 2.10. The number of aromatic nitrogens is 1. The number of nitrogens with zero attached hydrogens (tertiary/aromatic N) is 2. The number of rotatable bonds is 6. The van der Waals surface area contributed by atoms with Gasteiger partial charge in [-0.2, -0.15) is 5.26 Å². The Morgan fingerprint density at radius 3 is 2.70 bits per heavy atom. The second kappa shape index (κ2) is 8.39. The highest BCUT2D eigenvalue weighted by Crippen LogP contribution is 2.31. The number of benzene rings is 2. The summed E-state index contributed by atoms with van der Waals surface area (Å²) < 4.78 is 10.6. The van der Waals surface area contributed by atoms with Crippen molar-refractivity contribution in [3.05, 3.63) is 58.4 Å². The lowest BCUT2D eigenvalue weighted by molar-refractivity contribution is 0.318. The minimum absolute atomic E-state index is 0.0727. The van der Waals surface area contributed by atoms with Crippen LogP contribution in [0.5, 0.6) is 17.2 Å². The zero-order valence-corrected chi connectivity index (χ0v) is 15.8. The van der Waals surface area contributed by atoms with E-state index >= 15 is 0 Å². The topological polar surface area (TPSA) is 75.4 Å². The average molecular weight is 378 g/mol. The number of hydrogen-bond donors (Lipinski definition) is 1. The van der Waals surface area contributed by atoms with Gasteiger partial charge in [-0.25, -0.2) is 4.98 Å². The SMILES string of the molecule is CCOc1cc(C=C(C#N)c2nc(-c3ccc(OC)cc3)cs2)ccc1O. The molecule has 27 heavy (non-hydrogen) atoms. The van der Waals surface area contributed by atoms with E-state index in [1.165, 1.54) is 11.3 Å². The van der Waals surface area contributed by atoms with Crippen molar-refractivity contribution in [1.29, 1.82) is 5.26 Å². The zero-order chi connectivity index (χ0) is 19.2. The summed E-state index contributed by atoms with van der Waals surface area (Å²) in [5, 5.41) is 21.9. The van der Waals surface area contributed by atoms with E-state index < -0.39 is 0 Å². The highest BCUT2D eigenvalue weighted by molar-refractivity contribution is 7.11. The first-order valence-electron chi connectivity index (χ1n) is 8.32. The van der Waals surface area contributed by atoms with Gasteiger partial charge in [0, 0.05) is 10.9 Å². The second-order valence-electron chi connectivity index (χ2n) is 5.60. The first-order valence-corrected chi connectivity index (χ1v) is 9.20. The molecule has 3 rings (SSSR count). The Labute approximate surface area is 161 Å². The van der Waals surface area contributed by atoms with Crippen LogP contribution < -0.4 is 9.47 Å². The summed E-state index contributed by atoms with van der Waals surface area (Å²) in [5.74, 6) is 1.24. The summed E-state index contributed by atoms with van der Waals surface area (Å²) in [5.41, 5.74) is 2.97. The lowest BCUT2D eigenvalue weighted by atomic mass is 10.1. The fourth-order valence-electron chi connectivity index (χ4n) is 2.49. The van der Waals surface area contributed by atoms with Crippen molar-refractivity contribution in [2.24, 2.45) is 0 Å². The van der Waals surface area contributed by atoms with Crippen LogP contribution in [-0.4, -0.2) is 23.8 Å². The Morgan fingerprint density at radius 1 is 1.26 bits per heavy atom. The van der Waals surface area contributed by atoms with Gasteiger partial charge in [-0.1, -0.05) is 6.07 Å². The lowest BCUT2D eigenvalue weighted by Crippen LogP contribution is -1.92. The molecule has 6 heteroatoms. The minimum Gasteiger partial charge on any atom is -0.504 e. The molecule has 0 unspecified atom stereocenters. The summed E-state index contributed by atoms with van der Waals surface area (Å²) in [6.45, 7) is 2.29. The van der Waals surface area contributed by atoms with Gasteiger partial charge >= 0.3 is 0 Å². The molecule has 1 aromatic heterocycles. The molecule has 0 fully saturated rings. The van der Waals surface area contributed by atoms with E-state index in [-0.39, 0.29) is 5.75 Å². The molecule has 136 valence electrons. The molecule has 0 radical (unpaired) electrons. The van der Waals surface area contributed by atoms with Gasteiger partial charge in [0.1, 0.15) is 16.8 Å². The van der Waals surface area contributed by atoms with E-state index in [0.29, 0.717) is 22.9 Å². The number of phenolic OH excluding ortho intramolecular Hbond substituents is 1. The smallest absolute Gasteiger partial charge is 0.161 e. The van der Waals surface area contributed by atoms with Crippen molar-refractivity contribution in [2.45, 2.75) is 6.92 Å². The van der Waals surface area contributed by atoms with Crippen LogP contribution in [0.2, 0.25) is 0 Å². The number of thiazole rings is 1. The van der Waals surface area contributed by atoms with Crippen LogP contribution in [0.1, 0.15) is 17.5 Å². The van der Waals surface area contributed by atoms with Gasteiger partial charge in [0.05, 0.1) is 25.0 Å². The normalized spacial score (nSPS) is 11.1. The van der Waals surface area contributed by atoms with Gasteiger partial charge in [0.25, 0.3) is 0 Å². The standard InChI is InChI=1S/C21H18N2O3S/c1-3-26-20-11-14(4-9-19(20)24)10-16(12-22)21-23-18(13-27-21)15-5-7-17(25-2)8-6-15/h4-11,13,24H,3H2,1-2H3. The molecule has 3 aromatic rings. The van der Waals surface area contributed by atoms with Crippen molar-refractivity contribution in [1.82, 2.24) is 4.98 Å². The molecule has 0 aliphatic heterocycles. The molecule has 0 spiro atoms. The van der Waals surface area contributed by atoms with E-state index in [4.69, 9.17) is 9.47 Å². The van der Waals surface area contributed by atoms with Crippen LogP contribution in [0.4, 0.5) is 0 Å². The fraction of sp³-hybridized carbons (Fsp3) is 0.143. The van der Waals surface area contributed by atoms with E-state index in [0.717, 1.165) is 22.6 Å². The molecule has 1 heterocycles. The number of phenols is 1. The van der Waals surface area contributed by atoms with Crippen LogP contribution >= 0.6 is 11.3 Å². The van der Waals surface area contributed by atoms with E-state index in [9.17, 15) is 10.4 Å². The Balaban J connectivity index is 1.90. The zero-order valence-electron chi connectivity index (χ0n) is 15.0. The van der Waals surface area contributed by atoms with Gasteiger partial charge in [0.2, 0.25) is 0 Å². The lowest BCUT2D eigenvalue weighted by Gasteiger charge is -2.06. The number of nitriles is 1. The van der Waals surface area contributed by atoms with Crippen molar-refractivity contribution in [3.63, 3.8) is 0 Å². The maximum atomic E-state index is 9.81. The molecule has 0 aliphatic rings. The molecular weight excluding hydrogens is 360 g/mol. The predicted molar refractivity (Wildman–Crippen MR) is 107 cm³/mol. The fourth-order valence-corrected chi connectivity index (χ4v) is 3.29. The van der Waals surface area contributed by atoms with E-state index in [2.05, 4.69) is 11.1 Å². The second-order valence-corrected chi connectivity index (χ2v) is 6.45. The number of ether oxygens (including phenoxy) is 2. The Hall–Kier alpha value is -3.30. The van der Waals surface area contributed by atoms with Crippen LogP contribution in [0, 0.1) is 11.3 Å². The first-order chi connectivity index (χ1) is 13.1. The summed E-state index contributed by atoms with van der Waals surface area (Å²) in [7, 11) is 1.63. The molecule has 5 nitrogen and oxygen atoms in total. The Morgan fingerprint density at radius 2 is 2.04 bits per heavy atom. The number of allylic oxidation sites excluding steroid dienone is 1. The van der Waals surface area contributed by atoms with Gasteiger partial charge in [0.15, 0.2) is 11.5 Å². The first kappa shape index (κ1) is 18.5. The highest BCUT2D eigenvalue weighted by atomic mass is 32.1. The number of hydrogen-bond acceptors (Lipinski definition) is 6. The third-order valence-electron chi connectivity index (χ3n) is 3.84. The number of methoxy groups -OCH3 is 1. The Bertz CT molecular complexity index is 1000.